The maximum absolute atomic E-state index is 12.5. The van der Waals surface area contributed by atoms with Crippen molar-refractivity contribution in [3.8, 4) is 11.3 Å². The molecule has 0 bridgehead atoms. The van der Waals surface area contributed by atoms with Crippen molar-refractivity contribution in [3.63, 3.8) is 0 Å². The fraction of sp³-hybridized carbons (Fsp3) is 0.118. The lowest BCUT2D eigenvalue weighted by molar-refractivity contribution is -0.384. The van der Waals surface area contributed by atoms with Crippen molar-refractivity contribution < 1.29 is 9.72 Å². The Morgan fingerprint density at radius 1 is 1.30 bits per heavy atom. The van der Waals surface area contributed by atoms with Gasteiger partial charge in [0.15, 0.2) is 10.1 Å². The molecule has 3 heterocycles. The molecule has 1 N–H and O–H groups in total. The van der Waals surface area contributed by atoms with Crippen LogP contribution < -0.4 is 5.32 Å². The standard InChI is InChI=1S/C17H13N5O3S2/c1-9-8-26-16(18-9)20-15(23)14-10(2)21-7-13(19-17(21)27-14)11-4-3-5-12(6-11)22(24)25/h3-8H,1-2H3,(H,18,20,23). The molecule has 0 unspecified atom stereocenters. The summed E-state index contributed by atoms with van der Waals surface area (Å²) in [6.07, 6.45) is 1.78. The Morgan fingerprint density at radius 3 is 2.78 bits per heavy atom. The number of non-ortho nitro benzene ring substituents is 1. The number of carbonyl (C=O) groups excluding carboxylic acids is 1. The van der Waals surface area contributed by atoms with Crippen molar-refractivity contribution >= 4 is 44.4 Å². The summed E-state index contributed by atoms with van der Waals surface area (Å²) in [6.45, 7) is 3.70. The maximum atomic E-state index is 12.5. The van der Waals surface area contributed by atoms with Crippen LogP contribution in [0.1, 0.15) is 21.1 Å². The number of aryl methyl sites for hydroxylation is 2. The van der Waals surface area contributed by atoms with Gasteiger partial charge < -0.3 is 0 Å². The number of amides is 1. The minimum absolute atomic E-state index is 0.0133. The van der Waals surface area contributed by atoms with E-state index in [1.165, 1.54) is 34.8 Å². The second-order valence-corrected chi connectivity index (χ2v) is 7.69. The number of nitro benzene ring substituents is 1. The summed E-state index contributed by atoms with van der Waals surface area (Å²) in [4.78, 5) is 33.0. The van der Waals surface area contributed by atoms with Gasteiger partial charge in [-0.05, 0) is 13.8 Å². The Hall–Kier alpha value is -3.11. The molecule has 0 aliphatic rings. The van der Waals surface area contributed by atoms with E-state index in [9.17, 15) is 14.9 Å². The Bertz CT molecular complexity index is 1190. The SMILES string of the molecule is Cc1csc(NC(=O)c2sc3nc(-c4cccc([N+](=O)[O-])c4)cn3c2C)n1. The fourth-order valence-electron chi connectivity index (χ4n) is 2.64. The number of nitrogens with one attached hydrogen (secondary N) is 1. The number of thiazole rings is 2. The van der Waals surface area contributed by atoms with Crippen LogP contribution in [0, 0.1) is 24.0 Å². The van der Waals surface area contributed by atoms with Crippen LogP contribution in [0.25, 0.3) is 16.2 Å². The van der Waals surface area contributed by atoms with Crippen LogP contribution in [-0.4, -0.2) is 25.2 Å². The van der Waals surface area contributed by atoms with Crippen LogP contribution in [0.4, 0.5) is 10.8 Å². The number of aromatic nitrogens is 3. The predicted octanol–water partition coefficient (Wildman–Crippen LogP) is 4.30. The maximum Gasteiger partial charge on any atom is 0.270 e. The van der Waals surface area contributed by atoms with Crippen molar-refractivity contribution in [1.29, 1.82) is 0 Å². The third kappa shape index (κ3) is 3.20. The van der Waals surface area contributed by atoms with Gasteiger partial charge in [0.05, 0.1) is 16.3 Å². The lowest BCUT2D eigenvalue weighted by Crippen LogP contribution is -2.11. The molecule has 0 fully saturated rings. The first-order valence-corrected chi connectivity index (χ1v) is 9.59. The Balaban J connectivity index is 1.66. The first-order chi connectivity index (χ1) is 12.9. The highest BCUT2D eigenvalue weighted by Gasteiger charge is 2.19. The number of hydrogen-bond donors (Lipinski definition) is 1. The molecular weight excluding hydrogens is 386 g/mol. The van der Waals surface area contributed by atoms with E-state index in [0.717, 1.165) is 11.4 Å². The average Bonchev–Trinajstić information content (AvgIpc) is 3.31. The van der Waals surface area contributed by atoms with Crippen LogP contribution in [0.2, 0.25) is 0 Å². The molecule has 0 saturated carbocycles. The molecule has 8 nitrogen and oxygen atoms in total. The van der Waals surface area contributed by atoms with Crippen LogP contribution >= 0.6 is 22.7 Å². The van der Waals surface area contributed by atoms with E-state index in [2.05, 4.69) is 15.3 Å². The normalized spacial score (nSPS) is 11.0. The van der Waals surface area contributed by atoms with Gasteiger partial charge in [0.25, 0.3) is 11.6 Å². The van der Waals surface area contributed by atoms with Crippen LogP contribution in [0.5, 0.6) is 0 Å². The van der Waals surface area contributed by atoms with E-state index in [4.69, 9.17) is 0 Å². The number of carbonyl (C=O) groups is 1. The van der Waals surface area contributed by atoms with Crippen molar-refractivity contribution in [3.05, 3.63) is 62.2 Å². The monoisotopic (exact) mass is 399 g/mol. The van der Waals surface area contributed by atoms with E-state index >= 15 is 0 Å². The highest BCUT2D eigenvalue weighted by molar-refractivity contribution is 7.19. The second kappa shape index (κ2) is 6.56. The third-order valence-corrected chi connectivity index (χ3v) is 5.99. The molecule has 4 aromatic rings. The van der Waals surface area contributed by atoms with Gasteiger partial charge in [0.2, 0.25) is 0 Å². The summed E-state index contributed by atoms with van der Waals surface area (Å²) in [5.74, 6) is -0.228. The van der Waals surface area contributed by atoms with E-state index in [-0.39, 0.29) is 11.6 Å². The van der Waals surface area contributed by atoms with Gasteiger partial charge in [-0.25, -0.2) is 9.97 Å². The fourth-order valence-corrected chi connectivity index (χ4v) is 4.33. The predicted molar refractivity (Wildman–Crippen MR) is 105 cm³/mol. The van der Waals surface area contributed by atoms with Crippen molar-refractivity contribution in [1.82, 2.24) is 14.4 Å². The second-order valence-electron chi connectivity index (χ2n) is 5.85. The summed E-state index contributed by atoms with van der Waals surface area (Å²) in [6, 6.07) is 6.33. The molecule has 27 heavy (non-hydrogen) atoms. The molecule has 10 heteroatoms. The Kier molecular flexibility index (Phi) is 4.21. The lowest BCUT2D eigenvalue weighted by atomic mass is 10.1. The number of imidazole rings is 1. The zero-order chi connectivity index (χ0) is 19.1. The lowest BCUT2D eigenvalue weighted by Gasteiger charge is -2.00. The number of nitrogens with zero attached hydrogens (tertiary/aromatic N) is 4. The molecule has 0 saturated heterocycles. The molecule has 0 atom stereocenters. The van der Waals surface area contributed by atoms with Gasteiger partial charge >= 0.3 is 0 Å². The number of rotatable bonds is 4. The van der Waals surface area contributed by atoms with Gasteiger partial charge in [-0.2, -0.15) is 0 Å². The minimum atomic E-state index is -0.435. The summed E-state index contributed by atoms with van der Waals surface area (Å²) >= 11 is 2.64. The Labute approximate surface area is 161 Å². The molecule has 0 aliphatic heterocycles. The molecule has 0 spiro atoms. The number of anilines is 1. The van der Waals surface area contributed by atoms with Crippen LogP contribution in [0.15, 0.2) is 35.8 Å². The summed E-state index contributed by atoms with van der Waals surface area (Å²) < 4.78 is 1.82. The van der Waals surface area contributed by atoms with Gasteiger partial charge in [-0.3, -0.25) is 24.6 Å². The smallest absolute Gasteiger partial charge is 0.270 e. The minimum Gasteiger partial charge on any atom is -0.297 e. The molecule has 1 aromatic carbocycles. The number of benzene rings is 1. The van der Waals surface area contributed by atoms with E-state index < -0.39 is 4.92 Å². The first kappa shape index (κ1) is 17.3. The van der Waals surface area contributed by atoms with E-state index in [0.29, 0.717) is 26.2 Å². The molecular formula is C17H13N5O3S2. The molecule has 136 valence electrons. The van der Waals surface area contributed by atoms with Gasteiger partial charge in [0.1, 0.15) is 4.88 Å². The highest BCUT2D eigenvalue weighted by atomic mass is 32.1. The molecule has 4 rings (SSSR count). The molecule has 0 radical (unpaired) electrons. The Morgan fingerprint density at radius 2 is 2.11 bits per heavy atom. The van der Waals surface area contributed by atoms with Gasteiger partial charge in [-0.15, -0.1) is 11.3 Å². The topological polar surface area (TPSA) is 102 Å². The average molecular weight is 399 g/mol. The summed E-state index contributed by atoms with van der Waals surface area (Å²) in [5, 5.41) is 16.2. The summed E-state index contributed by atoms with van der Waals surface area (Å²) in [5.41, 5.74) is 2.90. The third-order valence-electron chi connectivity index (χ3n) is 3.96. The van der Waals surface area contributed by atoms with Crippen molar-refractivity contribution in [2.45, 2.75) is 13.8 Å². The van der Waals surface area contributed by atoms with E-state index in [1.807, 2.05) is 23.6 Å². The zero-order valence-corrected chi connectivity index (χ0v) is 15.9. The number of hydrogen-bond acceptors (Lipinski definition) is 7. The van der Waals surface area contributed by atoms with Crippen LogP contribution in [0.3, 0.4) is 0 Å². The van der Waals surface area contributed by atoms with Crippen molar-refractivity contribution in [2.24, 2.45) is 0 Å². The molecule has 1 amide bonds. The van der Waals surface area contributed by atoms with Crippen molar-refractivity contribution in [2.75, 3.05) is 5.32 Å². The van der Waals surface area contributed by atoms with Crippen LogP contribution in [-0.2, 0) is 0 Å². The largest absolute Gasteiger partial charge is 0.297 e. The molecule has 0 aliphatic carbocycles. The molecule has 3 aromatic heterocycles. The number of nitro groups is 1. The first-order valence-electron chi connectivity index (χ1n) is 7.89. The highest BCUT2D eigenvalue weighted by Crippen LogP contribution is 2.29. The van der Waals surface area contributed by atoms with E-state index in [1.54, 1.807) is 18.3 Å². The van der Waals surface area contributed by atoms with Gasteiger partial charge in [-0.1, -0.05) is 23.5 Å². The zero-order valence-electron chi connectivity index (χ0n) is 14.3. The quantitative estimate of drug-likeness (QED) is 0.407. The summed E-state index contributed by atoms with van der Waals surface area (Å²) in [7, 11) is 0. The number of fused-ring (bicyclic) bond motifs is 1. The van der Waals surface area contributed by atoms with Gasteiger partial charge in [0, 0.05) is 35.0 Å².